The zero-order chi connectivity index (χ0) is 21.3. The van der Waals surface area contributed by atoms with Gasteiger partial charge in [0, 0.05) is 19.0 Å². The van der Waals surface area contributed by atoms with Gasteiger partial charge in [0.25, 0.3) is 0 Å². The van der Waals surface area contributed by atoms with E-state index in [1.807, 2.05) is 26.2 Å². The molecule has 8 nitrogen and oxygen atoms in total. The van der Waals surface area contributed by atoms with Crippen LogP contribution < -0.4 is 10.6 Å². The minimum Gasteiger partial charge on any atom is -0.506 e. The fourth-order valence-electron chi connectivity index (χ4n) is 2.89. The molecule has 1 aromatic carbocycles. The maximum Gasteiger partial charge on any atom is 0.410 e. The van der Waals surface area contributed by atoms with Crippen LogP contribution in [0.3, 0.4) is 0 Å². The molecule has 0 unspecified atom stereocenters. The second kappa shape index (κ2) is 8.03. The molecule has 156 valence electrons. The van der Waals surface area contributed by atoms with E-state index in [1.54, 1.807) is 24.1 Å². The number of aryl methyl sites for hydroxylation is 1. The minimum atomic E-state index is -0.624. The van der Waals surface area contributed by atoms with Crippen molar-refractivity contribution in [2.75, 3.05) is 12.3 Å². The highest BCUT2D eigenvalue weighted by molar-refractivity contribution is 7.16. The van der Waals surface area contributed by atoms with E-state index < -0.39 is 11.7 Å². The van der Waals surface area contributed by atoms with E-state index in [4.69, 9.17) is 10.5 Å². The Balaban J connectivity index is 1.85. The molecule has 0 aliphatic rings. The van der Waals surface area contributed by atoms with Crippen molar-refractivity contribution >= 4 is 44.1 Å². The van der Waals surface area contributed by atoms with E-state index >= 15 is 0 Å². The number of amides is 1. The lowest BCUT2D eigenvalue weighted by Gasteiger charge is -2.27. The van der Waals surface area contributed by atoms with Gasteiger partial charge in [-0.1, -0.05) is 17.4 Å². The Morgan fingerprint density at radius 2 is 2.10 bits per heavy atom. The van der Waals surface area contributed by atoms with Gasteiger partial charge in [0.05, 0.1) is 16.9 Å². The number of rotatable bonds is 5. The molecule has 0 atom stereocenters. The number of phenolic OH excluding ortho intramolecular Hbond substituents is 1. The number of carbonyl (C=O) groups excluding carboxylic acids is 1. The normalized spacial score (nSPS) is 11.7. The summed E-state index contributed by atoms with van der Waals surface area (Å²) in [6.07, 6.45) is 0.0515. The zero-order valence-electron chi connectivity index (χ0n) is 16.8. The maximum atomic E-state index is 12.7. The number of hydrogen-bond acceptors (Lipinski definition) is 8. The molecule has 0 aliphatic carbocycles. The fraction of sp³-hybridized carbons (Fsp3) is 0.421. The first-order chi connectivity index (χ1) is 13.5. The summed E-state index contributed by atoms with van der Waals surface area (Å²) < 4.78 is 7.69. The van der Waals surface area contributed by atoms with Crippen molar-refractivity contribution in [3.63, 3.8) is 0 Å². The van der Waals surface area contributed by atoms with Crippen LogP contribution in [0.25, 0.3) is 10.2 Å². The number of aromatic nitrogens is 2. The van der Waals surface area contributed by atoms with Gasteiger partial charge in [-0.15, -0.1) is 11.3 Å². The molecule has 29 heavy (non-hydrogen) atoms. The number of fused-ring (bicyclic) bond motifs is 1. The van der Waals surface area contributed by atoms with E-state index in [2.05, 4.69) is 4.98 Å². The van der Waals surface area contributed by atoms with E-state index in [-0.39, 0.29) is 17.2 Å². The summed E-state index contributed by atoms with van der Waals surface area (Å²) in [5.41, 5.74) is 7.17. The number of benzene rings is 1. The highest BCUT2D eigenvalue weighted by Gasteiger charge is 2.23. The van der Waals surface area contributed by atoms with Gasteiger partial charge >= 0.3 is 11.0 Å². The summed E-state index contributed by atoms with van der Waals surface area (Å²) in [4.78, 5) is 30.4. The molecule has 0 bridgehead atoms. The number of nitrogens with two attached hydrogens (primary N) is 1. The predicted molar refractivity (Wildman–Crippen MR) is 116 cm³/mol. The van der Waals surface area contributed by atoms with Crippen molar-refractivity contribution < 1.29 is 14.6 Å². The highest BCUT2D eigenvalue weighted by atomic mass is 32.1. The van der Waals surface area contributed by atoms with E-state index in [1.165, 1.54) is 15.9 Å². The molecule has 0 radical (unpaired) electrons. The Kier molecular flexibility index (Phi) is 5.85. The lowest BCUT2D eigenvalue weighted by atomic mass is 10.1. The van der Waals surface area contributed by atoms with Gasteiger partial charge < -0.3 is 20.5 Å². The molecule has 0 spiro atoms. The minimum absolute atomic E-state index is 0.0616. The summed E-state index contributed by atoms with van der Waals surface area (Å²) in [5.74, 6) is 0.0616. The number of thiazole rings is 2. The predicted octanol–water partition coefficient (Wildman–Crippen LogP) is 3.32. The van der Waals surface area contributed by atoms with Crippen molar-refractivity contribution in [2.45, 2.75) is 39.3 Å². The third-order valence-electron chi connectivity index (χ3n) is 4.22. The molecule has 3 aromatic rings. The Morgan fingerprint density at radius 1 is 1.38 bits per heavy atom. The van der Waals surface area contributed by atoms with Gasteiger partial charge in [-0.3, -0.25) is 9.36 Å². The third-order valence-corrected chi connectivity index (χ3v) is 6.05. The first-order valence-corrected chi connectivity index (χ1v) is 10.7. The maximum absolute atomic E-state index is 12.7. The summed E-state index contributed by atoms with van der Waals surface area (Å²) in [5, 5.41) is 12.4. The molecule has 3 rings (SSSR count). The molecule has 3 N–H and O–H groups in total. The van der Waals surface area contributed by atoms with Crippen LogP contribution in [-0.4, -0.2) is 37.8 Å². The molecule has 2 aromatic heterocycles. The average molecular weight is 437 g/mol. The van der Waals surface area contributed by atoms with Crippen LogP contribution in [0.15, 0.2) is 22.3 Å². The van der Waals surface area contributed by atoms with Crippen LogP contribution in [-0.2, 0) is 24.8 Å². The van der Waals surface area contributed by atoms with Crippen LogP contribution in [0, 0.1) is 0 Å². The number of anilines is 1. The SMILES string of the molecule is Cn1c(=O)sc2c(CCN(Cc3csc(N)n3)C(=O)OC(C)(C)C)ccc(O)c21. The monoisotopic (exact) mass is 436 g/mol. The standard InChI is InChI=1S/C19H24N4O4S2/c1-19(2,3)27-17(25)23(9-12-10-28-16(20)21-12)8-7-11-5-6-13(24)14-15(11)29-18(26)22(14)4/h5-6,10,24H,7-9H2,1-4H3,(H2,20,21). The number of hydrogen-bond donors (Lipinski definition) is 2. The van der Waals surface area contributed by atoms with Gasteiger partial charge in [-0.05, 0) is 38.8 Å². The van der Waals surface area contributed by atoms with Crippen LogP contribution in [0.2, 0.25) is 0 Å². The molecule has 0 fully saturated rings. The molecule has 0 saturated carbocycles. The number of nitrogen functional groups attached to an aromatic ring is 1. The molecule has 0 saturated heterocycles. The summed E-state index contributed by atoms with van der Waals surface area (Å²) in [6.45, 7) is 6.08. The molecule has 0 aliphatic heterocycles. The first kappa shape index (κ1) is 21.1. The summed E-state index contributed by atoms with van der Waals surface area (Å²) in [6, 6.07) is 3.35. The van der Waals surface area contributed by atoms with Crippen molar-refractivity contribution in [3.05, 3.63) is 38.4 Å². The Morgan fingerprint density at radius 3 is 2.72 bits per heavy atom. The second-order valence-corrected chi connectivity index (χ2v) is 9.53. The number of ether oxygens (including phenoxy) is 1. The summed E-state index contributed by atoms with van der Waals surface area (Å²) in [7, 11) is 1.63. The lowest BCUT2D eigenvalue weighted by molar-refractivity contribution is 0.0234. The molecule has 1 amide bonds. The van der Waals surface area contributed by atoms with Crippen molar-refractivity contribution in [1.82, 2.24) is 14.5 Å². The van der Waals surface area contributed by atoms with Crippen molar-refractivity contribution in [3.8, 4) is 5.75 Å². The highest BCUT2D eigenvalue weighted by Crippen LogP contribution is 2.30. The van der Waals surface area contributed by atoms with E-state index in [0.29, 0.717) is 29.3 Å². The third kappa shape index (κ3) is 4.88. The largest absolute Gasteiger partial charge is 0.506 e. The Hall–Kier alpha value is -2.59. The topological polar surface area (TPSA) is 111 Å². The van der Waals surface area contributed by atoms with Gasteiger partial charge in [0.2, 0.25) is 0 Å². The van der Waals surface area contributed by atoms with Crippen LogP contribution in [0.1, 0.15) is 32.0 Å². The number of phenols is 1. The zero-order valence-corrected chi connectivity index (χ0v) is 18.4. The van der Waals surface area contributed by atoms with Crippen LogP contribution in [0.4, 0.5) is 9.93 Å². The smallest absolute Gasteiger partial charge is 0.410 e. The average Bonchev–Trinajstić information content (AvgIpc) is 3.15. The van der Waals surface area contributed by atoms with Crippen molar-refractivity contribution in [1.29, 1.82) is 0 Å². The van der Waals surface area contributed by atoms with Gasteiger partial charge in [-0.2, -0.15) is 0 Å². The van der Waals surface area contributed by atoms with E-state index in [0.717, 1.165) is 21.6 Å². The molecular formula is C19H24N4O4S2. The fourth-order valence-corrected chi connectivity index (χ4v) is 4.49. The molecule has 2 heterocycles. The molecule has 10 heteroatoms. The van der Waals surface area contributed by atoms with Gasteiger partial charge in [0.1, 0.15) is 16.9 Å². The molecular weight excluding hydrogens is 412 g/mol. The van der Waals surface area contributed by atoms with Crippen molar-refractivity contribution in [2.24, 2.45) is 7.05 Å². The van der Waals surface area contributed by atoms with Crippen LogP contribution in [0.5, 0.6) is 5.75 Å². The second-order valence-electron chi connectivity index (χ2n) is 7.68. The first-order valence-electron chi connectivity index (χ1n) is 9.03. The van der Waals surface area contributed by atoms with Gasteiger partial charge in [0.15, 0.2) is 5.13 Å². The Bertz CT molecular complexity index is 1090. The summed E-state index contributed by atoms with van der Waals surface area (Å²) >= 11 is 2.40. The van der Waals surface area contributed by atoms with E-state index in [9.17, 15) is 14.7 Å². The Labute approximate surface area is 176 Å². The number of nitrogens with zero attached hydrogens (tertiary/aromatic N) is 3. The quantitative estimate of drug-likeness (QED) is 0.635. The number of aromatic hydroxyl groups is 1. The van der Waals surface area contributed by atoms with Crippen LogP contribution >= 0.6 is 22.7 Å². The van der Waals surface area contributed by atoms with Gasteiger partial charge in [-0.25, -0.2) is 9.78 Å². The lowest BCUT2D eigenvalue weighted by Crippen LogP contribution is -2.37. The number of carbonyl (C=O) groups is 1.